The van der Waals surface area contributed by atoms with Crippen LogP contribution in [-0.2, 0) is 14.3 Å². The van der Waals surface area contributed by atoms with Crippen LogP contribution in [0.4, 0.5) is 0 Å². The second-order valence-corrected chi connectivity index (χ2v) is 10.0. The van der Waals surface area contributed by atoms with Gasteiger partial charge in [-0.25, -0.2) is 0 Å². The van der Waals surface area contributed by atoms with Crippen molar-refractivity contribution >= 4 is 18.1 Å². The van der Waals surface area contributed by atoms with Gasteiger partial charge in [-0.05, 0) is 18.2 Å². The maximum atomic E-state index is 13.4. The van der Waals surface area contributed by atoms with Gasteiger partial charge in [0.25, 0.3) is 0 Å². The lowest BCUT2D eigenvalue weighted by Gasteiger charge is -2.42. The highest BCUT2D eigenvalue weighted by atomic mass is 16.5. The number of carbonyl (C=O) groups excluding carboxylic acids is 3. The normalized spacial score (nSPS) is 24.6. The standard InChI is InChI=1S/C27H37N3O8/c1-16(2)27(35)30(6-5-29-7-10-37-11-8-29)20-14-19(26(34)28-4-9-31)22-18-12-17(15-32)13-21(36-3)24(18)38-25(22)23(20)33/h12-16,20,22-23,25,31,33H,4-11H2,1-3H3,(H,28,34). The van der Waals surface area contributed by atoms with Crippen LogP contribution in [0.15, 0.2) is 23.8 Å². The molecule has 4 atom stereocenters. The fourth-order valence-corrected chi connectivity index (χ4v) is 5.37. The first kappa shape index (κ1) is 28.0. The van der Waals surface area contributed by atoms with Crippen LogP contribution in [0.2, 0.25) is 0 Å². The minimum atomic E-state index is -1.15. The van der Waals surface area contributed by atoms with Crippen LogP contribution in [0.1, 0.15) is 35.7 Å². The minimum absolute atomic E-state index is 0.0395. The summed E-state index contributed by atoms with van der Waals surface area (Å²) in [7, 11) is 1.45. The molecular formula is C27H37N3O8. The van der Waals surface area contributed by atoms with Gasteiger partial charge >= 0.3 is 0 Å². The molecule has 0 radical (unpaired) electrons. The molecule has 0 spiro atoms. The van der Waals surface area contributed by atoms with Gasteiger partial charge in [-0.1, -0.05) is 13.8 Å². The molecule has 208 valence electrons. The molecule has 11 nitrogen and oxygen atoms in total. The van der Waals surface area contributed by atoms with Gasteiger partial charge in [0, 0.05) is 55.3 Å². The summed E-state index contributed by atoms with van der Waals surface area (Å²) in [5, 5.41) is 23.6. The van der Waals surface area contributed by atoms with Crippen LogP contribution in [0.3, 0.4) is 0 Å². The number of aliphatic hydroxyl groups excluding tert-OH is 2. The minimum Gasteiger partial charge on any atom is -0.493 e. The first-order valence-electron chi connectivity index (χ1n) is 13.0. The molecule has 1 saturated heterocycles. The highest BCUT2D eigenvalue weighted by molar-refractivity contribution is 5.96. The zero-order valence-electron chi connectivity index (χ0n) is 22.1. The number of ether oxygens (including phenoxy) is 3. The van der Waals surface area contributed by atoms with Gasteiger partial charge < -0.3 is 34.6 Å². The summed E-state index contributed by atoms with van der Waals surface area (Å²) in [6, 6.07) is 2.34. The Bertz CT molecular complexity index is 1070. The van der Waals surface area contributed by atoms with Crippen molar-refractivity contribution in [1.82, 2.24) is 15.1 Å². The Balaban J connectivity index is 1.74. The molecule has 1 aromatic carbocycles. The highest BCUT2D eigenvalue weighted by Crippen LogP contribution is 2.51. The van der Waals surface area contributed by atoms with Crippen LogP contribution in [0, 0.1) is 5.92 Å². The number of aldehydes is 1. The quantitative estimate of drug-likeness (QED) is 0.355. The molecule has 11 heteroatoms. The summed E-state index contributed by atoms with van der Waals surface area (Å²) in [6.07, 6.45) is 0.272. The van der Waals surface area contributed by atoms with Crippen molar-refractivity contribution in [2.45, 2.75) is 38.0 Å². The van der Waals surface area contributed by atoms with Crippen LogP contribution in [0.5, 0.6) is 11.5 Å². The lowest BCUT2D eigenvalue weighted by Crippen LogP contribution is -2.57. The van der Waals surface area contributed by atoms with Crippen LogP contribution < -0.4 is 14.8 Å². The van der Waals surface area contributed by atoms with E-state index in [9.17, 15) is 24.6 Å². The largest absolute Gasteiger partial charge is 0.493 e. The zero-order valence-corrected chi connectivity index (χ0v) is 22.1. The van der Waals surface area contributed by atoms with Gasteiger partial charge in [-0.2, -0.15) is 0 Å². The average Bonchev–Trinajstić information content (AvgIpc) is 3.32. The topological polar surface area (TPSA) is 138 Å². The second kappa shape index (κ2) is 12.2. The first-order valence-corrected chi connectivity index (χ1v) is 13.0. The number of morpholine rings is 1. The highest BCUT2D eigenvalue weighted by Gasteiger charge is 2.51. The Morgan fingerprint density at radius 2 is 2.03 bits per heavy atom. The third-order valence-corrected chi connectivity index (χ3v) is 7.31. The van der Waals surface area contributed by atoms with Crippen molar-refractivity contribution in [1.29, 1.82) is 0 Å². The van der Waals surface area contributed by atoms with E-state index in [-0.39, 0.29) is 25.0 Å². The van der Waals surface area contributed by atoms with Gasteiger partial charge in [0.15, 0.2) is 11.5 Å². The lowest BCUT2D eigenvalue weighted by molar-refractivity contribution is -0.140. The number of hydrogen-bond donors (Lipinski definition) is 3. The molecule has 1 fully saturated rings. The van der Waals surface area contributed by atoms with Crippen molar-refractivity contribution in [3.63, 3.8) is 0 Å². The molecule has 0 bridgehead atoms. The van der Waals surface area contributed by atoms with Gasteiger partial charge in [0.05, 0.1) is 38.9 Å². The number of nitrogens with zero attached hydrogens (tertiary/aromatic N) is 2. The van der Waals surface area contributed by atoms with Gasteiger partial charge in [-0.3, -0.25) is 19.3 Å². The van der Waals surface area contributed by atoms with E-state index in [2.05, 4.69) is 10.2 Å². The molecule has 2 amide bonds. The fraction of sp³-hybridized carbons (Fsp3) is 0.593. The molecular weight excluding hydrogens is 494 g/mol. The average molecular weight is 532 g/mol. The lowest BCUT2D eigenvalue weighted by atomic mass is 9.77. The van der Waals surface area contributed by atoms with Crippen LogP contribution in [0.25, 0.3) is 0 Å². The maximum absolute atomic E-state index is 13.4. The third kappa shape index (κ3) is 5.56. The van der Waals surface area contributed by atoms with E-state index in [1.165, 1.54) is 7.11 Å². The van der Waals surface area contributed by atoms with Crippen molar-refractivity contribution in [2.24, 2.45) is 5.92 Å². The van der Waals surface area contributed by atoms with E-state index in [4.69, 9.17) is 14.2 Å². The molecule has 4 unspecified atom stereocenters. The van der Waals surface area contributed by atoms with E-state index in [1.807, 2.05) is 0 Å². The zero-order chi connectivity index (χ0) is 27.4. The Labute approximate surface area is 222 Å². The van der Waals surface area contributed by atoms with E-state index >= 15 is 0 Å². The van der Waals surface area contributed by atoms with Crippen molar-refractivity contribution in [3.8, 4) is 11.5 Å². The van der Waals surface area contributed by atoms with E-state index in [0.29, 0.717) is 60.8 Å². The fourth-order valence-electron chi connectivity index (χ4n) is 5.37. The summed E-state index contributed by atoms with van der Waals surface area (Å²) < 4.78 is 17.1. The molecule has 38 heavy (non-hydrogen) atoms. The number of rotatable bonds is 10. The Morgan fingerprint density at radius 3 is 2.66 bits per heavy atom. The predicted molar refractivity (Wildman–Crippen MR) is 137 cm³/mol. The molecule has 2 heterocycles. The predicted octanol–water partition coefficient (Wildman–Crippen LogP) is -0.0529. The van der Waals surface area contributed by atoms with Gasteiger partial charge in [-0.15, -0.1) is 0 Å². The maximum Gasteiger partial charge on any atom is 0.247 e. The molecule has 2 aliphatic heterocycles. The molecule has 4 rings (SSSR count). The molecule has 0 saturated carbocycles. The number of benzene rings is 1. The number of fused-ring (bicyclic) bond motifs is 3. The van der Waals surface area contributed by atoms with Gasteiger partial charge in [0.1, 0.15) is 18.5 Å². The second-order valence-electron chi connectivity index (χ2n) is 10.0. The Kier molecular flexibility index (Phi) is 9.03. The summed E-state index contributed by atoms with van der Waals surface area (Å²) in [5.74, 6) is -0.948. The number of carbonyl (C=O) groups is 3. The molecule has 3 aliphatic rings. The Morgan fingerprint density at radius 1 is 1.29 bits per heavy atom. The van der Waals surface area contributed by atoms with Crippen molar-refractivity contribution < 1.29 is 38.8 Å². The van der Waals surface area contributed by atoms with E-state index in [0.717, 1.165) is 13.1 Å². The van der Waals surface area contributed by atoms with E-state index < -0.39 is 30.1 Å². The number of aliphatic hydroxyl groups is 2. The van der Waals surface area contributed by atoms with Gasteiger partial charge in [0.2, 0.25) is 11.8 Å². The van der Waals surface area contributed by atoms with E-state index in [1.54, 1.807) is 37.0 Å². The number of hydrogen-bond acceptors (Lipinski definition) is 9. The monoisotopic (exact) mass is 531 g/mol. The first-order chi connectivity index (χ1) is 18.3. The SMILES string of the molecule is COc1cc(C=O)cc2c1OC1C2C(C(=O)NCCO)=CC(N(CCN2CCOCC2)C(=O)C(C)C)C1O. The molecule has 3 N–H and O–H groups in total. The summed E-state index contributed by atoms with van der Waals surface area (Å²) in [6.45, 7) is 7.10. The molecule has 1 aliphatic carbocycles. The summed E-state index contributed by atoms with van der Waals surface area (Å²) in [4.78, 5) is 42.2. The number of methoxy groups -OCH3 is 1. The van der Waals surface area contributed by atoms with Crippen LogP contribution in [-0.4, -0.2) is 116 Å². The summed E-state index contributed by atoms with van der Waals surface area (Å²) in [5.41, 5.74) is 1.20. The molecule has 1 aromatic rings. The third-order valence-electron chi connectivity index (χ3n) is 7.31. The number of amides is 2. The molecule has 0 aromatic heterocycles. The van der Waals surface area contributed by atoms with Crippen LogP contribution >= 0.6 is 0 Å². The smallest absolute Gasteiger partial charge is 0.247 e. The summed E-state index contributed by atoms with van der Waals surface area (Å²) >= 11 is 0. The number of nitrogens with one attached hydrogen (secondary N) is 1. The van der Waals surface area contributed by atoms with Crippen molar-refractivity contribution in [3.05, 3.63) is 34.9 Å². The van der Waals surface area contributed by atoms with Crippen molar-refractivity contribution in [2.75, 3.05) is 59.7 Å². The Hall–Kier alpha value is -2.99.